The van der Waals surface area contributed by atoms with Gasteiger partial charge < -0.3 is 18.6 Å². The number of rotatable bonds is 10. The van der Waals surface area contributed by atoms with Crippen molar-refractivity contribution in [2.75, 3.05) is 19.8 Å². The topological polar surface area (TPSA) is 40.8 Å². The minimum Gasteiger partial charge on any atom is -0.490 e. The van der Waals surface area contributed by atoms with E-state index >= 15 is 8.78 Å². The van der Waals surface area contributed by atoms with E-state index in [0.717, 1.165) is 57.8 Å². The second kappa shape index (κ2) is 12.4. The largest absolute Gasteiger partial charge is 0.490 e. The molecule has 5 rings (SSSR count). The molecule has 0 bridgehead atoms. The summed E-state index contributed by atoms with van der Waals surface area (Å²) in [7, 11) is 0. The Morgan fingerprint density at radius 2 is 1.31 bits per heavy atom. The Morgan fingerprint density at radius 3 is 1.85 bits per heavy atom. The molecule has 0 amide bonds. The maximum atomic E-state index is 15.2. The lowest BCUT2D eigenvalue weighted by Gasteiger charge is -2.29. The van der Waals surface area contributed by atoms with Crippen LogP contribution in [0.5, 0.6) is 11.5 Å². The molecule has 2 fully saturated rings. The number of benzene rings is 2. The first-order chi connectivity index (χ1) is 18.9. The van der Waals surface area contributed by atoms with Gasteiger partial charge in [-0.3, -0.25) is 0 Å². The van der Waals surface area contributed by atoms with Gasteiger partial charge in [-0.2, -0.15) is 8.78 Å². The van der Waals surface area contributed by atoms with Crippen molar-refractivity contribution in [3.63, 3.8) is 0 Å². The van der Waals surface area contributed by atoms with Crippen molar-refractivity contribution in [2.45, 2.75) is 84.2 Å². The molecule has 214 valence electrons. The lowest BCUT2D eigenvalue weighted by molar-refractivity contribution is -0.0317. The normalized spacial score (nSPS) is 23.9. The molecular formula is C31H38F4O4. The molecule has 1 saturated carbocycles. The Bertz CT molecular complexity index is 1270. The van der Waals surface area contributed by atoms with Crippen molar-refractivity contribution in [3.05, 3.63) is 35.4 Å². The number of ether oxygens (including phenoxy) is 3. The first-order valence-corrected chi connectivity index (χ1v) is 14.4. The molecule has 1 saturated heterocycles. The lowest BCUT2D eigenvalue weighted by atomic mass is 9.83. The second-order valence-corrected chi connectivity index (χ2v) is 11.5. The van der Waals surface area contributed by atoms with Crippen LogP contribution in [-0.2, 0) is 4.74 Å². The van der Waals surface area contributed by atoms with E-state index in [9.17, 15) is 8.78 Å². The number of unbranched alkanes of at least 4 members (excludes halogenated alkanes) is 2. The van der Waals surface area contributed by atoms with E-state index in [2.05, 4.69) is 13.8 Å². The lowest BCUT2D eigenvalue weighted by Crippen LogP contribution is -2.29. The minimum absolute atomic E-state index is 0.0554. The summed E-state index contributed by atoms with van der Waals surface area (Å²) < 4.78 is 83.0. The van der Waals surface area contributed by atoms with Crippen LogP contribution >= 0.6 is 0 Å². The zero-order chi connectivity index (χ0) is 27.5. The van der Waals surface area contributed by atoms with Crippen LogP contribution in [0.3, 0.4) is 0 Å². The quantitative estimate of drug-likeness (QED) is 0.186. The smallest absolute Gasteiger partial charge is 0.201 e. The van der Waals surface area contributed by atoms with Gasteiger partial charge in [0.2, 0.25) is 11.6 Å². The monoisotopic (exact) mass is 550 g/mol. The van der Waals surface area contributed by atoms with Crippen molar-refractivity contribution in [1.82, 2.24) is 0 Å². The van der Waals surface area contributed by atoms with Crippen LogP contribution in [0.4, 0.5) is 17.6 Å². The zero-order valence-corrected chi connectivity index (χ0v) is 22.8. The van der Waals surface area contributed by atoms with E-state index in [4.69, 9.17) is 18.6 Å². The maximum Gasteiger partial charge on any atom is 0.201 e. The van der Waals surface area contributed by atoms with Crippen LogP contribution in [0, 0.1) is 41.0 Å². The fraction of sp³-hybridized carbons (Fsp3) is 0.613. The van der Waals surface area contributed by atoms with Gasteiger partial charge in [0.15, 0.2) is 23.1 Å². The van der Waals surface area contributed by atoms with Crippen molar-refractivity contribution < 1.29 is 36.2 Å². The highest BCUT2D eigenvalue weighted by atomic mass is 19.2. The highest BCUT2D eigenvalue weighted by molar-refractivity contribution is 6.06. The average Bonchev–Trinajstić information content (AvgIpc) is 3.31. The predicted molar refractivity (Wildman–Crippen MR) is 142 cm³/mol. The van der Waals surface area contributed by atoms with Gasteiger partial charge >= 0.3 is 0 Å². The number of hydrogen-bond acceptors (Lipinski definition) is 4. The first-order valence-electron chi connectivity index (χ1n) is 14.4. The second-order valence-electron chi connectivity index (χ2n) is 11.5. The van der Waals surface area contributed by atoms with Crippen molar-refractivity contribution in [2.24, 2.45) is 17.8 Å². The highest BCUT2D eigenvalue weighted by Gasteiger charge is 2.28. The van der Waals surface area contributed by atoms with Crippen LogP contribution in [0.15, 0.2) is 16.5 Å². The number of fused-ring (bicyclic) bond motifs is 3. The van der Waals surface area contributed by atoms with Crippen LogP contribution in [0.2, 0.25) is 0 Å². The van der Waals surface area contributed by atoms with Gasteiger partial charge in [0.25, 0.3) is 0 Å². The number of hydrogen-bond donors (Lipinski definition) is 0. The van der Waals surface area contributed by atoms with Gasteiger partial charge in [-0.25, -0.2) is 8.78 Å². The summed E-state index contributed by atoms with van der Waals surface area (Å²) in [6.45, 7) is 5.29. The molecule has 2 heterocycles. The van der Waals surface area contributed by atoms with E-state index < -0.39 is 34.0 Å². The van der Waals surface area contributed by atoms with Crippen LogP contribution < -0.4 is 9.47 Å². The van der Waals surface area contributed by atoms with Gasteiger partial charge in [-0.05, 0) is 43.9 Å². The predicted octanol–water partition coefficient (Wildman–Crippen LogP) is 9.10. The highest BCUT2D eigenvalue weighted by Crippen LogP contribution is 2.41. The Hall–Kier alpha value is -2.48. The fourth-order valence-electron chi connectivity index (χ4n) is 5.87. The molecule has 2 aliphatic rings. The molecule has 8 heteroatoms. The molecule has 3 aromatic rings. The molecule has 4 nitrogen and oxygen atoms in total. The Labute approximate surface area is 227 Å². The molecule has 0 spiro atoms. The van der Waals surface area contributed by atoms with E-state index in [0.29, 0.717) is 12.5 Å². The fourth-order valence-corrected chi connectivity index (χ4v) is 5.87. The summed E-state index contributed by atoms with van der Waals surface area (Å²) in [4.78, 5) is 0. The van der Waals surface area contributed by atoms with Gasteiger partial charge in [0.05, 0.1) is 36.7 Å². The number of halogens is 4. The molecular weight excluding hydrogens is 512 g/mol. The molecule has 2 aromatic carbocycles. The first kappa shape index (κ1) is 28.1. The number of furan rings is 1. The SMILES string of the molecule is CCCCCC1CCC(COc2cc3oc4cc(OCC5CCC(C)CC5)c(F)c(F)c4c3c(F)c2F)CO1. The van der Waals surface area contributed by atoms with E-state index in [1.54, 1.807) is 0 Å². The average molecular weight is 551 g/mol. The maximum absolute atomic E-state index is 15.2. The van der Waals surface area contributed by atoms with Crippen molar-refractivity contribution >= 4 is 21.9 Å². The summed E-state index contributed by atoms with van der Waals surface area (Å²) >= 11 is 0. The van der Waals surface area contributed by atoms with Gasteiger partial charge in [0.1, 0.15) is 11.2 Å². The minimum atomic E-state index is -1.33. The summed E-state index contributed by atoms with van der Waals surface area (Å²) in [5.74, 6) is -4.78. The third-order valence-corrected chi connectivity index (χ3v) is 8.42. The zero-order valence-electron chi connectivity index (χ0n) is 22.8. The van der Waals surface area contributed by atoms with E-state index in [1.807, 2.05) is 0 Å². The molecule has 1 aromatic heterocycles. The molecule has 1 aliphatic heterocycles. The van der Waals surface area contributed by atoms with Gasteiger partial charge in [-0.15, -0.1) is 0 Å². The van der Waals surface area contributed by atoms with Gasteiger partial charge in [0, 0.05) is 18.1 Å². The summed E-state index contributed by atoms with van der Waals surface area (Å²) in [6.07, 6.45) is 10.7. The van der Waals surface area contributed by atoms with E-state index in [1.165, 1.54) is 18.6 Å². The molecule has 2 unspecified atom stereocenters. The Morgan fingerprint density at radius 1 is 0.744 bits per heavy atom. The van der Waals surface area contributed by atoms with Crippen LogP contribution in [0.25, 0.3) is 21.9 Å². The van der Waals surface area contributed by atoms with E-state index in [-0.39, 0.29) is 53.8 Å². The van der Waals surface area contributed by atoms with Gasteiger partial charge in [-0.1, -0.05) is 46.0 Å². The summed E-state index contributed by atoms with van der Waals surface area (Å²) in [6, 6.07) is 2.42. The Balaban J connectivity index is 1.29. The Kier molecular flexibility index (Phi) is 8.89. The molecule has 0 radical (unpaired) electrons. The third kappa shape index (κ3) is 6.16. The molecule has 1 aliphatic carbocycles. The van der Waals surface area contributed by atoms with Crippen LogP contribution in [-0.4, -0.2) is 25.9 Å². The molecule has 39 heavy (non-hydrogen) atoms. The standard InChI is InChI=1S/C31H38F4O4/c1-3-4-5-6-21-12-11-20(16-36-21)17-38-25-14-23-27(31(35)29(25)33)26-22(39-23)13-24(28(32)30(26)34)37-15-19-9-7-18(2)8-10-19/h13-14,18-21H,3-12,15-17H2,1-2H3. The molecule has 0 N–H and O–H groups in total. The molecule has 2 atom stereocenters. The van der Waals surface area contributed by atoms with Crippen LogP contribution in [0.1, 0.15) is 78.1 Å². The third-order valence-electron chi connectivity index (χ3n) is 8.42. The van der Waals surface area contributed by atoms with Crippen molar-refractivity contribution in [1.29, 1.82) is 0 Å². The van der Waals surface area contributed by atoms with Crippen molar-refractivity contribution in [3.8, 4) is 11.5 Å². The summed E-state index contributed by atoms with van der Waals surface area (Å²) in [5.41, 5.74) is -0.229. The summed E-state index contributed by atoms with van der Waals surface area (Å²) in [5, 5.41) is -0.894.